The quantitative estimate of drug-likeness (QED) is 0.557. The molecule has 0 bridgehead atoms. The van der Waals surface area contributed by atoms with Crippen LogP contribution < -0.4 is 5.73 Å². The minimum atomic E-state index is 0.836. The van der Waals surface area contributed by atoms with Gasteiger partial charge in [-0.15, -0.1) is 0 Å². The van der Waals surface area contributed by atoms with Crippen molar-refractivity contribution in [3.63, 3.8) is 0 Å². The fourth-order valence-corrected chi connectivity index (χ4v) is 1.76. The largest absolute Gasteiger partial charge is 0.398 e. The van der Waals surface area contributed by atoms with Crippen molar-refractivity contribution >= 4 is 17.4 Å². The molecule has 12 heavy (non-hydrogen) atoms. The Bertz CT molecular complexity index is 305. The molecule has 0 spiro atoms. The molecule has 1 aromatic carbocycles. The molecule has 0 amide bonds. The number of anilines is 1. The second-order valence-electron chi connectivity index (χ2n) is 2.71. The number of hydrogen-bond acceptors (Lipinski definition) is 2. The molecule has 0 radical (unpaired) electrons. The molecule has 0 heterocycles. The Morgan fingerprint density at radius 3 is 2.67 bits per heavy atom. The van der Waals surface area contributed by atoms with E-state index >= 15 is 0 Å². The van der Waals surface area contributed by atoms with Crippen LogP contribution in [0.25, 0.3) is 0 Å². The van der Waals surface area contributed by atoms with Crippen molar-refractivity contribution in [1.82, 2.24) is 0 Å². The van der Waals surface area contributed by atoms with Crippen LogP contribution in [0.2, 0.25) is 0 Å². The second kappa shape index (κ2) is 3.68. The summed E-state index contributed by atoms with van der Waals surface area (Å²) >= 11 is 1.58. The summed E-state index contributed by atoms with van der Waals surface area (Å²) in [6, 6.07) is 3.98. The average molecular weight is 179 g/mol. The zero-order chi connectivity index (χ0) is 9.14. The summed E-state index contributed by atoms with van der Waals surface area (Å²) in [6.45, 7) is 7.84. The molecular weight excluding hydrogens is 166 g/mol. The standard InChI is InChI=1S/C10H13NS/c1-4-12-10-8(3)7(2)5-6-9(10)11/h4-6H,1,11H2,2-3H3. The lowest BCUT2D eigenvalue weighted by atomic mass is 10.1. The molecule has 2 N–H and O–H groups in total. The normalized spacial score (nSPS) is 9.83. The molecule has 1 aromatic rings. The van der Waals surface area contributed by atoms with Crippen LogP contribution in [0.3, 0.4) is 0 Å². The number of thioether (sulfide) groups is 1. The zero-order valence-corrected chi connectivity index (χ0v) is 8.24. The molecule has 0 unspecified atom stereocenters. The number of rotatable bonds is 2. The van der Waals surface area contributed by atoms with E-state index in [4.69, 9.17) is 5.73 Å². The Morgan fingerprint density at radius 1 is 1.42 bits per heavy atom. The molecule has 0 aromatic heterocycles. The van der Waals surface area contributed by atoms with Crippen LogP contribution in [0.4, 0.5) is 5.69 Å². The van der Waals surface area contributed by atoms with Gasteiger partial charge < -0.3 is 5.73 Å². The first kappa shape index (κ1) is 9.20. The lowest BCUT2D eigenvalue weighted by molar-refractivity contribution is 1.24. The highest BCUT2D eigenvalue weighted by atomic mass is 32.2. The van der Waals surface area contributed by atoms with Crippen molar-refractivity contribution in [2.75, 3.05) is 5.73 Å². The van der Waals surface area contributed by atoms with Crippen LogP contribution in [-0.2, 0) is 0 Å². The topological polar surface area (TPSA) is 26.0 Å². The van der Waals surface area contributed by atoms with Crippen molar-refractivity contribution in [2.45, 2.75) is 18.7 Å². The summed E-state index contributed by atoms with van der Waals surface area (Å²) < 4.78 is 0. The predicted octanol–water partition coefficient (Wildman–Crippen LogP) is 3.12. The van der Waals surface area contributed by atoms with Crippen LogP contribution in [0.5, 0.6) is 0 Å². The third kappa shape index (κ3) is 1.64. The lowest BCUT2D eigenvalue weighted by Crippen LogP contribution is -1.92. The molecule has 0 fully saturated rings. The Morgan fingerprint density at radius 2 is 2.08 bits per heavy atom. The van der Waals surface area contributed by atoms with E-state index in [-0.39, 0.29) is 0 Å². The van der Waals surface area contributed by atoms with E-state index < -0.39 is 0 Å². The molecule has 0 aliphatic heterocycles. The first-order valence-corrected chi connectivity index (χ1v) is 4.68. The summed E-state index contributed by atoms with van der Waals surface area (Å²) in [5, 5.41) is 1.80. The SMILES string of the molecule is C=CSc1c(N)ccc(C)c1C. The Balaban J connectivity index is 3.22. The number of aryl methyl sites for hydroxylation is 1. The van der Waals surface area contributed by atoms with Gasteiger partial charge in [-0.2, -0.15) is 0 Å². The van der Waals surface area contributed by atoms with Gasteiger partial charge in [0.25, 0.3) is 0 Å². The molecule has 64 valence electrons. The van der Waals surface area contributed by atoms with Crippen LogP contribution in [-0.4, -0.2) is 0 Å². The highest BCUT2D eigenvalue weighted by Gasteiger charge is 2.03. The Hall–Kier alpha value is -0.890. The number of benzene rings is 1. The van der Waals surface area contributed by atoms with Gasteiger partial charge in [-0.3, -0.25) is 0 Å². The number of hydrogen-bond donors (Lipinski definition) is 1. The molecule has 0 saturated heterocycles. The number of nitrogens with two attached hydrogens (primary N) is 1. The average Bonchev–Trinajstić information content (AvgIpc) is 2.06. The van der Waals surface area contributed by atoms with E-state index in [1.54, 1.807) is 17.2 Å². The van der Waals surface area contributed by atoms with E-state index in [1.165, 1.54) is 11.1 Å². The van der Waals surface area contributed by atoms with Gasteiger partial charge in [0.1, 0.15) is 0 Å². The van der Waals surface area contributed by atoms with Gasteiger partial charge in [0.05, 0.1) is 0 Å². The van der Waals surface area contributed by atoms with E-state index in [2.05, 4.69) is 20.4 Å². The number of nitrogen functional groups attached to an aromatic ring is 1. The molecule has 2 heteroatoms. The fourth-order valence-electron chi connectivity index (χ4n) is 1.05. The van der Waals surface area contributed by atoms with Gasteiger partial charge in [-0.1, -0.05) is 24.4 Å². The third-order valence-corrected chi connectivity index (χ3v) is 2.85. The first-order valence-electron chi connectivity index (χ1n) is 3.80. The fraction of sp³-hybridized carbons (Fsp3) is 0.200. The lowest BCUT2D eigenvalue weighted by Gasteiger charge is -2.08. The molecule has 1 rings (SSSR count). The van der Waals surface area contributed by atoms with Crippen molar-refractivity contribution in [3.05, 3.63) is 35.2 Å². The van der Waals surface area contributed by atoms with E-state index in [1.807, 2.05) is 12.1 Å². The van der Waals surface area contributed by atoms with E-state index in [0.717, 1.165) is 10.6 Å². The van der Waals surface area contributed by atoms with Gasteiger partial charge in [0.2, 0.25) is 0 Å². The van der Waals surface area contributed by atoms with E-state index in [0.29, 0.717) is 0 Å². The maximum Gasteiger partial charge on any atom is 0.0458 e. The summed E-state index contributed by atoms with van der Waals surface area (Å²) in [6.07, 6.45) is 0. The van der Waals surface area contributed by atoms with Crippen molar-refractivity contribution in [3.8, 4) is 0 Å². The minimum absolute atomic E-state index is 0.836. The minimum Gasteiger partial charge on any atom is -0.398 e. The summed E-state index contributed by atoms with van der Waals surface area (Å²) in [7, 11) is 0. The van der Waals surface area contributed by atoms with Crippen molar-refractivity contribution < 1.29 is 0 Å². The summed E-state index contributed by atoms with van der Waals surface area (Å²) in [5.74, 6) is 0. The van der Waals surface area contributed by atoms with Gasteiger partial charge >= 0.3 is 0 Å². The Kier molecular flexibility index (Phi) is 2.82. The van der Waals surface area contributed by atoms with Gasteiger partial charge in [-0.25, -0.2) is 0 Å². The van der Waals surface area contributed by atoms with Gasteiger partial charge in [0.15, 0.2) is 0 Å². The monoisotopic (exact) mass is 179 g/mol. The highest BCUT2D eigenvalue weighted by Crippen LogP contribution is 2.30. The van der Waals surface area contributed by atoms with Crippen LogP contribution in [0.15, 0.2) is 29.0 Å². The zero-order valence-electron chi connectivity index (χ0n) is 7.42. The summed E-state index contributed by atoms with van der Waals surface area (Å²) in [5.41, 5.74) is 9.17. The van der Waals surface area contributed by atoms with Gasteiger partial charge in [0, 0.05) is 10.6 Å². The molecule has 0 aliphatic carbocycles. The maximum absolute atomic E-state index is 5.81. The van der Waals surface area contributed by atoms with E-state index in [9.17, 15) is 0 Å². The predicted molar refractivity (Wildman–Crippen MR) is 56.4 cm³/mol. The van der Waals surface area contributed by atoms with Crippen LogP contribution in [0.1, 0.15) is 11.1 Å². The molecule has 0 aliphatic rings. The molecular formula is C10H13NS. The third-order valence-electron chi connectivity index (χ3n) is 1.91. The van der Waals surface area contributed by atoms with Crippen molar-refractivity contribution in [2.24, 2.45) is 0 Å². The Labute approximate surface area is 77.7 Å². The molecule has 1 nitrogen and oxygen atoms in total. The van der Waals surface area contributed by atoms with Crippen LogP contribution >= 0.6 is 11.8 Å². The molecule has 0 atom stereocenters. The summed E-state index contributed by atoms with van der Waals surface area (Å²) in [4.78, 5) is 1.13. The maximum atomic E-state index is 5.81. The smallest absolute Gasteiger partial charge is 0.0458 e. The van der Waals surface area contributed by atoms with Crippen LogP contribution in [0, 0.1) is 13.8 Å². The highest BCUT2D eigenvalue weighted by molar-refractivity contribution is 8.02. The first-order chi connectivity index (χ1) is 5.66. The molecule has 0 saturated carbocycles. The van der Waals surface area contributed by atoms with Crippen molar-refractivity contribution in [1.29, 1.82) is 0 Å². The second-order valence-corrected chi connectivity index (χ2v) is 3.69. The van der Waals surface area contributed by atoms with Gasteiger partial charge in [-0.05, 0) is 36.4 Å².